The molecular formula is C20H23N5O. The van der Waals surface area contributed by atoms with Gasteiger partial charge in [0.1, 0.15) is 0 Å². The summed E-state index contributed by atoms with van der Waals surface area (Å²) in [7, 11) is 0. The van der Waals surface area contributed by atoms with Crippen LogP contribution >= 0.6 is 0 Å². The van der Waals surface area contributed by atoms with Crippen LogP contribution in [-0.4, -0.2) is 39.1 Å². The molecule has 6 heteroatoms. The molecule has 0 atom stereocenters. The summed E-state index contributed by atoms with van der Waals surface area (Å²) in [5.41, 5.74) is 3.25. The van der Waals surface area contributed by atoms with Crippen molar-refractivity contribution in [3.8, 4) is 0 Å². The molecule has 1 fully saturated rings. The van der Waals surface area contributed by atoms with Crippen molar-refractivity contribution in [3.63, 3.8) is 0 Å². The minimum atomic E-state index is -0.156. The van der Waals surface area contributed by atoms with Crippen LogP contribution in [-0.2, 0) is 6.54 Å². The van der Waals surface area contributed by atoms with Gasteiger partial charge in [-0.1, -0.05) is 19.1 Å². The minimum Gasteiger partial charge on any atom is -0.322 e. The topological polar surface area (TPSA) is 73.9 Å². The molecular weight excluding hydrogens is 326 g/mol. The summed E-state index contributed by atoms with van der Waals surface area (Å²) in [6.07, 6.45) is 5.79. The molecule has 4 rings (SSSR count). The molecule has 2 aromatic heterocycles. The molecule has 6 nitrogen and oxygen atoms in total. The zero-order chi connectivity index (χ0) is 17.9. The van der Waals surface area contributed by atoms with E-state index in [0.717, 1.165) is 23.5 Å². The number of hydrogen-bond donors (Lipinski definition) is 2. The van der Waals surface area contributed by atoms with E-state index in [2.05, 4.69) is 44.5 Å². The molecule has 1 aromatic carbocycles. The van der Waals surface area contributed by atoms with Gasteiger partial charge in [0.2, 0.25) is 0 Å². The van der Waals surface area contributed by atoms with Gasteiger partial charge >= 0.3 is 0 Å². The molecule has 26 heavy (non-hydrogen) atoms. The number of benzene rings is 1. The summed E-state index contributed by atoms with van der Waals surface area (Å²) < 4.78 is 0. The number of fused-ring (bicyclic) bond motifs is 1. The molecule has 1 aliphatic rings. The molecule has 2 N–H and O–H groups in total. The first kappa shape index (κ1) is 16.7. The number of pyridine rings is 1. The fraction of sp³-hybridized carbons (Fsp3) is 0.350. The minimum absolute atomic E-state index is 0.156. The Hall–Kier alpha value is -2.73. The molecule has 1 saturated heterocycles. The summed E-state index contributed by atoms with van der Waals surface area (Å²) in [6.45, 7) is 5.64. The van der Waals surface area contributed by atoms with Crippen LogP contribution in [0.15, 0.2) is 42.7 Å². The van der Waals surface area contributed by atoms with Gasteiger partial charge < -0.3 is 5.32 Å². The molecule has 0 spiro atoms. The number of carbonyl (C=O) groups is 1. The normalized spacial score (nSPS) is 16.0. The molecule has 1 aliphatic heterocycles. The molecule has 3 aromatic rings. The van der Waals surface area contributed by atoms with Crippen LogP contribution in [0.5, 0.6) is 0 Å². The lowest BCUT2D eigenvalue weighted by molar-refractivity contribution is 0.102. The summed E-state index contributed by atoms with van der Waals surface area (Å²) >= 11 is 0. The molecule has 0 saturated carbocycles. The Morgan fingerprint density at radius 2 is 2.00 bits per heavy atom. The fourth-order valence-electron chi connectivity index (χ4n) is 3.42. The number of piperidine rings is 1. The Balaban J connectivity index is 1.41. The third kappa shape index (κ3) is 3.60. The number of nitrogens with zero attached hydrogens (tertiary/aromatic N) is 3. The van der Waals surface area contributed by atoms with Gasteiger partial charge in [-0.3, -0.25) is 14.8 Å². The lowest BCUT2D eigenvalue weighted by atomic mass is 9.99. The first-order valence-corrected chi connectivity index (χ1v) is 9.10. The van der Waals surface area contributed by atoms with Crippen LogP contribution in [0.3, 0.4) is 0 Å². The number of rotatable bonds is 4. The van der Waals surface area contributed by atoms with Gasteiger partial charge in [0.25, 0.3) is 5.91 Å². The molecule has 0 bridgehead atoms. The highest BCUT2D eigenvalue weighted by Crippen LogP contribution is 2.20. The quantitative estimate of drug-likeness (QED) is 0.757. The van der Waals surface area contributed by atoms with Crippen LogP contribution in [0.2, 0.25) is 0 Å². The van der Waals surface area contributed by atoms with Crippen molar-refractivity contribution in [2.45, 2.75) is 26.3 Å². The highest BCUT2D eigenvalue weighted by Gasteiger charge is 2.16. The number of likely N-dealkylation sites (tertiary alicyclic amines) is 1. The van der Waals surface area contributed by atoms with Crippen molar-refractivity contribution in [3.05, 3.63) is 53.9 Å². The van der Waals surface area contributed by atoms with Crippen LogP contribution in [0.1, 0.15) is 35.7 Å². The lowest BCUT2D eigenvalue weighted by Gasteiger charge is -2.30. The molecule has 0 unspecified atom stereocenters. The predicted molar refractivity (Wildman–Crippen MR) is 102 cm³/mol. The number of aromatic amines is 1. The number of anilines is 1. The molecule has 134 valence electrons. The summed E-state index contributed by atoms with van der Waals surface area (Å²) in [4.78, 5) is 19.2. The van der Waals surface area contributed by atoms with Crippen LogP contribution < -0.4 is 5.32 Å². The Kier molecular flexibility index (Phi) is 4.67. The smallest absolute Gasteiger partial charge is 0.256 e. The van der Waals surface area contributed by atoms with E-state index in [1.165, 1.54) is 31.5 Å². The molecule has 1 amide bonds. The lowest BCUT2D eigenvalue weighted by Crippen LogP contribution is -2.32. The van der Waals surface area contributed by atoms with E-state index in [-0.39, 0.29) is 5.91 Å². The number of hydrogen-bond acceptors (Lipinski definition) is 4. The van der Waals surface area contributed by atoms with Crippen molar-refractivity contribution in [1.29, 1.82) is 0 Å². The standard InChI is InChI=1S/C20H23N5O/c1-14-7-10-25(11-8-14)13-15-2-4-16(5-3-15)23-20(26)17-6-9-21-19-18(17)12-22-24-19/h2-6,9,12,14H,7-8,10-11,13H2,1H3,(H,23,26)(H,21,22,24). The Morgan fingerprint density at radius 1 is 1.23 bits per heavy atom. The number of H-pyrrole nitrogens is 1. The van der Waals surface area contributed by atoms with Crippen molar-refractivity contribution < 1.29 is 4.79 Å². The van der Waals surface area contributed by atoms with E-state index in [4.69, 9.17) is 0 Å². The monoisotopic (exact) mass is 349 g/mol. The van der Waals surface area contributed by atoms with Crippen LogP contribution in [0.4, 0.5) is 5.69 Å². The average Bonchev–Trinajstić information content (AvgIpc) is 3.14. The average molecular weight is 349 g/mol. The number of carbonyl (C=O) groups excluding carboxylic acids is 1. The summed E-state index contributed by atoms with van der Waals surface area (Å²) in [6, 6.07) is 9.82. The van der Waals surface area contributed by atoms with Crippen molar-refractivity contribution >= 4 is 22.6 Å². The van der Waals surface area contributed by atoms with E-state index >= 15 is 0 Å². The fourth-order valence-corrected chi connectivity index (χ4v) is 3.42. The SMILES string of the molecule is CC1CCN(Cc2ccc(NC(=O)c3ccnc4[nH]ncc34)cc2)CC1. The van der Waals surface area contributed by atoms with Gasteiger partial charge in [-0.15, -0.1) is 0 Å². The van der Waals surface area contributed by atoms with E-state index in [0.29, 0.717) is 11.2 Å². The van der Waals surface area contributed by atoms with Gasteiger partial charge in [-0.25, -0.2) is 4.98 Å². The second kappa shape index (κ2) is 7.25. The van der Waals surface area contributed by atoms with E-state index < -0.39 is 0 Å². The van der Waals surface area contributed by atoms with Crippen molar-refractivity contribution in [1.82, 2.24) is 20.1 Å². The van der Waals surface area contributed by atoms with E-state index in [1.807, 2.05) is 12.1 Å². The van der Waals surface area contributed by atoms with E-state index in [1.54, 1.807) is 18.5 Å². The second-order valence-electron chi connectivity index (χ2n) is 7.10. The highest BCUT2D eigenvalue weighted by atomic mass is 16.1. The largest absolute Gasteiger partial charge is 0.322 e. The number of amides is 1. The first-order valence-electron chi connectivity index (χ1n) is 9.10. The Morgan fingerprint density at radius 3 is 2.77 bits per heavy atom. The van der Waals surface area contributed by atoms with Crippen LogP contribution in [0.25, 0.3) is 11.0 Å². The van der Waals surface area contributed by atoms with Gasteiger partial charge in [0, 0.05) is 18.4 Å². The number of aromatic nitrogens is 3. The third-order valence-corrected chi connectivity index (χ3v) is 5.09. The van der Waals surface area contributed by atoms with Gasteiger partial charge in [-0.2, -0.15) is 5.10 Å². The van der Waals surface area contributed by atoms with Gasteiger partial charge in [-0.05, 0) is 55.6 Å². The predicted octanol–water partition coefficient (Wildman–Crippen LogP) is 3.44. The molecule has 3 heterocycles. The summed E-state index contributed by atoms with van der Waals surface area (Å²) in [5.74, 6) is 0.690. The summed E-state index contributed by atoms with van der Waals surface area (Å²) in [5, 5.41) is 10.4. The second-order valence-corrected chi connectivity index (χ2v) is 7.10. The zero-order valence-electron chi connectivity index (χ0n) is 14.9. The molecule has 0 radical (unpaired) electrons. The Labute approximate surface area is 152 Å². The third-order valence-electron chi connectivity index (χ3n) is 5.09. The molecule has 0 aliphatic carbocycles. The van der Waals surface area contributed by atoms with Gasteiger partial charge in [0.05, 0.1) is 17.1 Å². The Bertz CT molecular complexity index is 894. The maximum Gasteiger partial charge on any atom is 0.256 e. The maximum atomic E-state index is 12.6. The van der Waals surface area contributed by atoms with Crippen molar-refractivity contribution in [2.24, 2.45) is 5.92 Å². The number of nitrogens with one attached hydrogen (secondary N) is 2. The van der Waals surface area contributed by atoms with E-state index in [9.17, 15) is 4.79 Å². The highest BCUT2D eigenvalue weighted by molar-refractivity contribution is 6.11. The van der Waals surface area contributed by atoms with Crippen LogP contribution in [0, 0.1) is 5.92 Å². The van der Waals surface area contributed by atoms with Gasteiger partial charge in [0.15, 0.2) is 5.65 Å². The maximum absolute atomic E-state index is 12.6. The zero-order valence-corrected chi connectivity index (χ0v) is 14.9. The van der Waals surface area contributed by atoms with Crippen molar-refractivity contribution in [2.75, 3.05) is 18.4 Å². The first-order chi connectivity index (χ1) is 12.7.